The third kappa shape index (κ3) is 68.6. The van der Waals surface area contributed by atoms with Gasteiger partial charge in [-0.1, -0.05) is 325 Å². The number of esters is 4. The number of unbranched alkanes of at least 4 members (excludes halogenated alkanes) is 38. The molecule has 0 radical (unpaired) electrons. The molecule has 0 bridgehead atoms. The van der Waals surface area contributed by atoms with Crippen LogP contribution in [0.1, 0.15) is 376 Å². The average molecular weight is 1380 g/mol. The van der Waals surface area contributed by atoms with Crippen LogP contribution < -0.4 is 0 Å². The highest BCUT2D eigenvalue weighted by molar-refractivity contribution is 7.47. The van der Waals surface area contributed by atoms with Gasteiger partial charge in [0.25, 0.3) is 0 Å². The highest BCUT2D eigenvalue weighted by Crippen LogP contribution is 2.45. The van der Waals surface area contributed by atoms with Gasteiger partial charge in [-0.05, 0) is 49.4 Å². The highest BCUT2D eigenvalue weighted by atomic mass is 31.2. The summed E-state index contributed by atoms with van der Waals surface area (Å²) in [7, 11) is -9.91. The molecule has 0 aliphatic carbocycles. The molecule has 0 aromatic carbocycles. The van der Waals surface area contributed by atoms with E-state index in [1.54, 1.807) is 0 Å². The number of hydrogen-bond donors (Lipinski definition) is 3. The minimum Gasteiger partial charge on any atom is -0.462 e. The van der Waals surface area contributed by atoms with Crippen molar-refractivity contribution in [2.45, 2.75) is 395 Å². The van der Waals surface area contributed by atoms with Crippen molar-refractivity contribution in [3.8, 4) is 0 Å². The number of carbonyl (C=O) groups excluding carboxylic acids is 4. The van der Waals surface area contributed by atoms with Crippen molar-refractivity contribution in [3.05, 3.63) is 0 Å². The normalized spacial score (nSPS) is 14.2. The minimum atomic E-state index is -4.96. The van der Waals surface area contributed by atoms with Crippen molar-refractivity contribution < 1.29 is 80.2 Å². The van der Waals surface area contributed by atoms with Gasteiger partial charge in [0.2, 0.25) is 0 Å². The third-order valence-electron chi connectivity index (χ3n) is 17.3. The molecule has 0 fully saturated rings. The minimum absolute atomic E-state index is 0.105. The zero-order valence-electron chi connectivity index (χ0n) is 61.6. The molecule has 0 aromatic rings. The fourth-order valence-electron chi connectivity index (χ4n) is 11.4. The first-order valence-corrected chi connectivity index (χ1v) is 41.7. The van der Waals surface area contributed by atoms with Gasteiger partial charge in [0, 0.05) is 25.7 Å². The number of ether oxygens (including phenoxy) is 4. The highest BCUT2D eigenvalue weighted by Gasteiger charge is 2.30. The van der Waals surface area contributed by atoms with E-state index < -0.39 is 97.5 Å². The molecule has 0 aliphatic heterocycles. The largest absolute Gasteiger partial charge is 0.472 e. The Hall–Kier alpha value is -1.94. The number of phosphoric ester groups is 2. The number of phosphoric acid groups is 2. The number of rotatable bonds is 72. The molecule has 0 heterocycles. The van der Waals surface area contributed by atoms with Gasteiger partial charge in [-0.25, -0.2) is 9.13 Å². The van der Waals surface area contributed by atoms with E-state index in [0.29, 0.717) is 31.6 Å². The second-order valence-electron chi connectivity index (χ2n) is 28.9. The number of carbonyl (C=O) groups is 4. The standard InChI is InChI=1S/C75H146O17P2/c1-65(2)51-43-35-27-21-16-12-10-9-11-13-18-24-31-41-49-57-74(79)91-70(61-85-72(77)55-47-39-30-26-20-23-29-37-45-53-67(5)6)63-89-93(81,82)87-59-69(76)60-88-94(83,84)90-64-71(62-86-73(78)56-48-40-34-33-38-46-54-68(7)8)92-75(80)58-50-42-32-25-19-15-14-17-22-28-36-44-52-66(3)4/h65-71,76H,9-64H2,1-8H3,(H,81,82)(H,83,84)/t69-,70-,71-/m1/s1. The molecule has 558 valence electrons. The summed E-state index contributed by atoms with van der Waals surface area (Å²) in [5.41, 5.74) is 0. The maximum absolute atomic E-state index is 13.1. The van der Waals surface area contributed by atoms with Crippen molar-refractivity contribution in [2.75, 3.05) is 39.6 Å². The molecule has 0 saturated carbocycles. The smallest absolute Gasteiger partial charge is 0.462 e. The Morgan fingerprint density at radius 3 is 0.660 bits per heavy atom. The van der Waals surface area contributed by atoms with Crippen molar-refractivity contribution in [2.24, 2.45) is 23.7 Å². The number of aliphatic hydroxyl groups is 1. The molecule has 2 unspecified atom stereocenters. The summed E-state index contributed by atoms with van der Waals surface area (Å²) in [6.07, 6.45) is 48.7. The molecular weight excluding hydrogens is 1230 g/mol. The maximum atomic E-state index is 13.1. The van der Waals surface area contributed by atoms with E-state index in [0.717, 1.165) is 114 Å². The summed E-state index contributed by atoms with van der Waals surface area (Å²) >= 11 is 0. The van der Waals surface area contributed by atoms with Crippen molar-refractivity contribution >= 4 is 39.5 Å². The van der Waals surface area contributed by atoms with Crippen LogP contribution in [0, 0.1) is 23.7 Å². The van der Waals surface area contributed by atoms with Gasteiger partial charge in [-0.2, -0.15) is 0 Å². The lowest BCUT2D eigenvalue weighted by Crippen LogP contribution is -2.30. The second-order valence-corrected chi connectivity index (χ2v) is 31.9. The van der Waals surface area contributed by atoms with Crippen molar-refractivity contribution in [3.63, 3.8) is 0 Å². The van der Waals surface area contributed by atoms with Crippen molar-refractivity contribution in [1.82, 2.24) is 0 Å². The van der Waals surface area contributed by atoms with E-state index in [9.17, 15) is 43.2 Å². The first-order chi connectivity index (χ1) is 45.1. The van der Waals surface area contributed by atoms with E-state index in [1.807, 2.05) is 0 Å². The summed E-state index contributed by atoms with van der Waals surface area (Å²) in [5, 5.41) is 10.6. The first kappa shape index (κ1) is 92.1. The van der Waals surface area contributed by atoms with E-state index in [4.69, 9.17) is 37.0 Å². The monoisotopic (exact) mass is 1380 g/mol. The fourth-order valence-corrected chi connectivity index (χ4v) is 13.0. The van der Waals surface area contributed by atoms with Gasteiger partial charge in [0.05, 0.1) is 26.4 Å². The van der Waals surface area contributed by atoms with Crippen LogP contribution in [-0.2, 0) is 65.4 Å². The Morgan fingerprint density at radius 2 is 0.447 bits per heavy atom. The second kappa shape index (κ2) is 64.4. The van der Waals surface area contributed by atoms with Crippen LogP contribution >= 0.6 is 15.6 Å². The van der Waals surface area contributed by atoms with Gasteiger partial charge in [-0.3, -0.25) is 37.3 Å². The van der Waals surface area contributed by atoms with Crippen LogP contribution in [0.5, 0.6) is 0 Å². The van der Waals surface area contributed by atoms with Crippen LogP contribution in [0.4, 0.5) is 0 Å². The maximum Gasteiger partial charge on any atom is 0.472 e. The van der Waals surface area contributed by atoms with Crippen LogP contribution in [0.3, 0.4) is 0 Å². The molecule has 0 rings (SSSR count). The Labute approximate surface area is 575 Å². The molecule has 17 nitrogen and oxygen atoms in total. The van der Waals surface area contributed by atoms with Gasteiger partial charge >= 0.3 is 39.5 Å². The predicted octanol–water partition coefficient (Wildman–Crippen LogP) is 21.7. The summed E-state index contributed by atoms with van der Waals surface area (Å²) < 4.78 is 68.5. The summed E-state index contributed by atoms with van der Waals surface area (Å²) in [4.78, 5) is 72.7. The van der Waals surface area contributed by atoms with Crippen LogP contribution in [0.15, 0.2) is 0 Å². The lowest BCUT2D eigenvalue weighted by Gasteiger charge is -2.21. The Bertz CT molecular complexity index is 1850. The molecule has 0 aromatic heterocycles. The quantitative estimate of drug-likeness (QED) is 0.0222. The molecule has 19 heteroatoms. The predicted molar refractivity (Wildman–Crippen MR) is 381 cm³/mol. The molecule has 0 amide bonds. The molecule has 5 atom stereocenters. The van der Waals surface area contributed by atoms with E-state index in [-0.39, 0.29) is 25.7 Å². The van der Waals surface area contributed by atoms with Crippen molar-refractivity contribution in [1.29, 1.82) is 0 Å². The van der Waals surface area contributed by atoms with Gasteiger partial charge in [-0.15, -0.1) is 0 Å². The zero-order chi connectivity index (χ0) is 69.6. The Kier molecular flexibility index (Phi) is 63.1. The summed E-state index contributed by atoms with van der Waals surface area (Å²) in [6, 6.07) is 0. The number of hydrogen-bond acceptors (Lipinski definition) is 15. The van der Waals surface area contributed by atoms with E-state index >= 15 is 0 Å². The molecule has 0 aliphatic rings. The Balaban J connectivity index is 5.23. The lowest BCUT2D eigenvalue weighted by atomic mass is 10.0. The molecule has 0 spiro atoms. The molecular formula is C75H146O17P2. The van der Waals surface area contributed by atoms with Crippen LogP contribution in [0.25, 0.3) is 0 Å². The Morgan fingerprint density at radius 1 is 0.266 bits per heavy atom. The van der Waals surface area contributed by atoms with Crippen LogP contribution in [-0.4, -0.2) is 96.7 Å². The van der Waals surface area contributed by atoms with Gasteiger partial charge in [0.15, 0.2) is 12.2 Å². The SMILES string of the molecule is CC(C)CCCCCCCCCCCCCCCCCC(=O)O[C@H](COC(=O)CCCCCCCCCCCC(C)C)COP(=O)(O)OC[C@@H](O)COP(=O)(O)OC[C@@H](COC(=O)CCCCCCCCC(C)C)OC(=O)CCCCCCCCCCCCCCC(C)C. The molecule has 0 saturated heterocycles. The third-order valence-corrected chi connectivity index (χ3v) is 19.2. The topological polar surface area (TPSA) is 237 Å². The van der Waals surface area contributed by atoms with Gasteiger partial charge in [0.1, 0.15) is 19.3 Å². The molecule has 3 N–H and O–H groups in total. The average Bonchev–Trinajstić information content (AvgIpc) is 1.77. The fraction of sp³-hybridized carbons (Fsp3) is 0.947. The molecule has 94 heavy (non-hydrogen) atoms. The van der Waals surface area contributed by atoms with Crippen LogP contribution in [0.2, 0.25) is 0 Å². The van der Waals surface area contributed by atoms with E-state index in [2.05, 4.69) is 55.4 Å². The number of aliphatic hydroxyl groups excluding tert-OH is 1. The zero-order valence-corrected chi connectivity index (χ0v) is 63.4. The van der Waals surface area contributed by atoms with E-state index in [1.165, 1.54) is 173 Å². The first-order valence-electron chi connectivity index (χ1n) is 38.7. The summed E-state index contributed by atoms with van der Waals surface area (Å²) in [5.74, 6) is 0.879. The van der Waals surface area contributed by atoms with Gasteiger partial charge < -0.3 is 33.8 Å². The summed E-state index contributed by atoms with van der Waals surface area (Å²) in [6.45, 7) is 14.1. The lowest BCUT2D eigenvalue weighted by molar-refractivity contribution is -0.161.